The summed E-state index contributed by atoms with van der Waals surface area (Å²) in [5, 5.41) is 1.41. The number of fused-ring (bicyclic) bond motifs is 1. The van der Waals surface area contributed by atoms with Gasteiger partial charge in [0.2, 0.25) is 0 Å². The molecule has 3 heteroatoms. The van der Waals surface area contributed by atoms with Gasteiger partial charge in [0.15, 0.2) is 0 Å². The molecule has 13 heavy (non-hydrogen) atoms. The first kappa shape index (κ1) is 8.92. The molecule has 1 aliphatic heterocycles. The van der Waals surface area contributed by atoms with Gasteiger partial charge in [0.25, 0.3) is 0 Å². The van der Waals surface area contributed by atoms with E-state index in [2.05, 4.69) is 0 Å². The molecule has 1 aromatic rings. The number of halogens is 2. The first-order chi connectivity index (χ1) is 6.27. The Kier molecular flexibility index (Phi) is 2.47. The molecule has 0 unspecified atom stereocenters. The molecule has 0 atom stereocenters. The Morgan fingerprint density at radius 3 is 2.92 bits per heavy atom. The average Bonchev–Trinajstić information content (AvgIpc) is 2.28. The Morgan fingerprint density at radius 2 is 2.08 bits per heavy atom. The maximum atomic E-state index is 6.04. The van der Waals surface area contributed by atoms with E-state index < -0.39 is 0 Å². The minimum Gasteiger partial charge on any atom is -0.493 e. The zero-order valence-electron chi connectivity index (χ0n) is 6.89. The lowest BCUT2D eigenvalue weighted by atomic mass is 10.2. The van der Waals surface area contributed by atoms with Gasteiger partial charge in [0.05, 0.1) is 6.61 Å². The molecule has 0 saturated carbocycles. The molecule has 0 aromatic heterocycles. The van der Waals surface area contributed by atoms with Gasteiger partial charge in [-0.1, -0.05) is 29.3 Å². The molecule has 0 radical (unpaired) electrons. The topological polar surface area (TPSA) is 9.23 Å². The van der Waals surface area contributed by atoms with Crippen molar-refractivity contribution in [2.75, 3.05) is 6.61 Å². The van der Waals surface area contributed by atoms with Crippen molar-refractivity contribution in [3.05, 3.63) is 34.9 Å². The van der Waals surface area contributed by atoms with Gasteiger partial charge in [-0.2, -0.15) is 0 Å². The molecule has 0 amide bonds. The van der Waals surface area contributed by atoms with E-state index in [1.54, 1.807) is 6.07 Å². The van der Waals surface area contributed by atoms with Gasteiger partial charge in [0, 0.05) is 22.0 Å². The third kappa shape index (κ3) is 1.82. The van der Waals surface area contributed by atoms with Crippen LogP contribution in [0.4, 0.5) is 0 Å². The first-order valence-corrected chi connectivity index (χ1v) is 4.81. The van der Waals surface area contributed by atoms with Crippen molar-refractivity contribution < 1.29 is 4.74 Å². The minimum atomic E-state index is 0.656. The summed E-state index contributed by atoms with van der Waals surface area (Å²) in [5.41, 5.74) is 0.920. The Bertz CT molecular complexity index is 358. The van der Waals surface area contributed by atoms with E-state index in [1.165, 1.54) is 0 Å². The molecule has 68 valence electrons. The van der Waals surface area contributed by atoms with Gasteiger partial charge in [-0.25, -0.2) is 0 Å². The molecule has 0 aliphatic carbocycles. The fourth-order valence-corrected chi connectivity index (χ4v) is 1.70. The minimum absolute atomic E-state index is 0.656. The van der Waals surface area contributed by atoms with Crippen LogP contribution < -0.4 is 4.74 Å². The zero-order valence-corrected chi connectivity index (χ0v) is 8.40. The van der Waals surface area contributed by atoms with Crippen molar-refractivity contribution in [3.63, 3.8) is 0 Å². The predicted molar refractivity (Wildman–Crippen MR) is 55.4 cm³/mol. The lowest BCUT2D eigenvalue weighted by Crippen LogP contribution is -1.94. The van der Waals surface area contributed by atoms with Crippen molar-refractivity contribution >= 4 is 28.2 Å². The molecule has 2 rings (SSSR count). The highest BCUT2D eigenvalue weighted by atomic mass is 35.5. The van der Waals surface area contributed by atoms with E-state index in [0.29, 0.717) is 11.6 Å². The summed E-state index contributed by atoms with van der Waals surface area (Å²) in [6, 6.07) is 5.48. The highest BCUT2D eigenvalue weighted by Crippen LogP contribution is 2.33. The third-order valence-electron chi connectivity index (χ3n) is 1.90. The highest BCUT2D eigenvalue weighted by molar-refractivity contribution is 6.49. The van der Waals surface area contributed by atoms with Crippen LogP contribution in [0.5, 0.6) is 5.75 Å². The van der Waals surface area contributed by atoms with Crippen LogP contribution in [0.3, 0.4) is 0 Å². The standard InChI is InChI=1S/C10H8Cl2O/c11-7-3-4-8-9(12)2-1-5-13-10(8)6-7/h2-4,6H,1,5H2. The van der Waals surface area contributed by atoms with E-state index in [0.717, 1.165) is 22.8 Å². The number of hydrogen-bond acceptors (Lipinski definition) is 1. The van der Waals surface area contributed by atoms with Crippen LogP contribution in [0.25, 0.3) is 5.03 Å². The Labute approximate surface area is 86.9 Å². The second-order valence-electron chi connectivity index (χ2n) is 2.83. The lowest BCUT2D eigenvalue weighted by Gasteiger charge is -2.06. The molecule has 1 aromatic carbocycles. The van der Waals surface area contributed by atoms with Gasteiger partial charge in [-0.05, 0) is 18.2 Å². The molecule has 0 N–H and O–H groups in total. The van der Waals surface area contributed by atoms with Crippen molar-refractivity contribution in [1.29, 1.82) is 0 Å². The molecule has 0 bridgehead atoms. The Balaban J connectivity index is 2.52. The van der Waals surface area contributed by atoms with E-state index in [-0.39, 0.29) is 0 Å². The summed E-state index contributed by atoms with van der Waals surface area (Å²) in [6.07, 6.45) is 2.80. The third-order valence-corrected chi connectivity index (χ3v) is 2.49. The Hall–Kier alpha value is -0.660. The number of hydrogen-bond donors (Lipinski definition) is 0. The van der Waals surface area contributed by atoms with Crippen LogP contribution >= 0.6 is 23.2 Å². The predicted octanol–water partition coefficient (Wildman–Crippen LogP) is 3.70. The van der Waals surface area contributed by atoms with Crippen LogP contribution in [-0.4, -0.2) is 6.61 Å². The highest BCUT2D eigenvalue weighted by Gasteiger charge is 2.10. The molecular formula is C10H8Cl2O. The Morgan fingerprint density at radius 1 is 1.23 bits per heavy atom. The monoisotopic (exact) mass is 214 g/mol. The van der Waals surface area contributed by atoms with Gasteiger partial charge < -0.3 is 4.74 Å². The molecule has 1 nitrogen and oxygen atoms in total. The van der Waals surface area contributed by atoms with Crippen LogP contribution in [0, 0.1) is 0 Å². The second kappa shape index (κ2) is 3.60. The van der Waals surface area contributed by atoms with Gasteiger partial charge >= 0.3 is 0 Å². The molecule has 0 saturated heterocycles. The number of rotatable bonds is 0. The molecule has 1 heterocycles. The average molecular weight is 215 g/mol. The van der Waals surface area contributed by atoms with Gasteiger partial charge in [-0.15, -0.1) is 0 Å². The van der Waals surface area contributed by atoms with Crippen molar-refractivity contribution in [2.45, 2.75) is 6.42 Å². The summed E-state index contributed by atoms with van der Waals surface area (Å²) in [4.78, 5) is 0. The van der Waals surface area contributed by atoms with Crippen molar-refractivity contribution in [3.8, 4) is 5.75 Å². The molecule has 1 aliphatic rings. The fraction of sp³-hybridized carbons (Fsp3) is 0.200. The number of ether oxygens (including phenoxy) is 1. The van der Waals surface area contributed by atoms with Crippen molar-refractivity contribution in [2.24, 2.45) is 0 Å². The van der Waals surface area contributed by atoms with E-state index in [9.17, 15) is 0 Å². The van der Waals surface area contributed by atoms with Gasteiger partial charge in [-0.3, -0.25) is 0 Å². The lowest BCUT2D eigenvalue weighted by molar-refractivity contribution is 0.326. The molecule has 0 spiro atoms. The van der Waals surface area contributed by atoms with E-state index in [4.69, 9.17) is 27.9 Å². The normalized spacial score (nSPS) is 15.4. The largest absolute Gasteiger partial charge is 0.493 e. The smallest absolute Gasteiger partial charge is 0.129 e. The first-order valence-electron chi connectivity index (χ1n) is 4.06. The summed E-state index contributed by atoms with van der Waals surface area (Å²) in [5.74, 6) is 0.770. The summed E-state index contributed by atoms with van der Waals surface area (Å²) in [7, 11) is 0. The fourth-order valence-electron chi connectivity index (χ4n) is 1.28. The summed E-state index contributed by atoms with van der Waals surface area (Å²) < 4.78 is 5.48. The molecular weight excluding hydrogens is 207 g/mol. The zero-order chi connectivity index (χ0) is 9.26. The SMILES string of the molecule is ClC1=CCCOc2cc(Cl)ccc21. The maximum Gasteiger partial charge on any atom is 0.129 e. The number of benzene rings is 1. The molecule has 0 fully saturated rings. The van der Waals surface area contributed by atoms with E-state index >= 15 is 0 Å². The summed E-state index contributed by atoms with van der Waals surface area (Å²) in [6.45, 7) is 0.656. The quantitative estimate of drug-likeness (QED) is 0.641. The summed E-state index contributed by atoms with van der Waals surface area (Å²) >= 11 is 11.9. The second-order valence-corrected chi connectivity index (χ2v) is 3.67. The van der Waals surface area contributed by atoms with Crippen LogP contribution in [0.15, 0.2) is 24.3 Å². The van der Waals surface area contributed by atoms with E-state index in [1.807, 2.05) is 18.2 Å². The van der Waals surface area contributed by atoms with Gasteiger partial charge in [0.1, 0.15) is 5.75 Å². The van der Waals surface area contributed by atoms with Crippen LogP contribution in [0.1, 0.15) is 12.0 Å². The van der Waals surface area contributed by atoms with Crippen LogP contribution in [0.2, 0.25) is 5.02 Å². The van der Waals surface area contributed by atoms with Crippen LogP contribution in [-0.2, 0) is 0 Å². The maximum absolute atomic E-state index is 6.04. The van der Waals surface area contributed by atoms with Crippen molar-refractivity contribution in [1.82, 2.24) is 0 Å².